The number of hydrogen-bond acceptors (Lipinski definition) is 2. The van der Waals surface area contributed by atoms with E-state index in [2.05, 4.69) is 56.9 Å². The minimum absolute atomic E-state index is 0.336. The highest BCUT2D eigenvalue weighted by Crippen LogP contribution is 2.27. The molecule has 0 bridgehead atoms. The van der Waals surface area contributed by atoms with E-state index in [1.54, 1.807) is 0 Å². The predicted molar refractivity (Wildman–Crippen MR) is 77.7 cm³/mol. The number of nitrogens with two attached hydrogens (primary N) is 1. The molecule has 0 saturated carbocycles. The summed E-state index contributed by atoms with van der Waals surface area (Å²) in [4.78, 5) is 2.50. The van der Waals surface area contributed by atoms with Crippen molar-refractivity contribution in [1.82, 2.24) is 4.90 Å². The lowest BCUT2D eigenvalue weighted by atomic mass is 9.99. The average molecular weight is 246 g/mol. The summed E-state index contributed by atoms with van der Waals surface area (Å²) >= 11 is 0. The summed E-state index contributed by atoms with van der Waals surface area (Å²) in [5.74, 6) is 1.22. The molecule has 1 saturated heterocycles. The summed E-state index contributed by atoms with van der Waals surface area (Å²) in [5, 5.41) is 0. The van der Waals surface area contributed by atoms with Gasteiger partial charge in [0, 0.05) is 25.2 Å². The van der Waals surface area contributed by atoms with Crippen molar-refractivity contribution in [3.05, 3.63) is 35.4 Å². The van der Waals surface area contributed by atoms with E-state index in [9.17, 15) is 0 Å². The smallest absolute Gasteiger partial charge is 0.0320 e. The zero-order chi connectivity index (χ0) is 13.3. The minimum atomic E-state index is 0.336. The van der Waals surface area contributed by atoms with Gasteiger partial charge < -0.3 is 5.73 Å². The lowest BCUT2D eigenvalue weighted by Crippen LogP contribution is -2.29. The van der Waals surface area contributed by atoms with Crippen molar-refractivity contribution in [2.45, 2.75) is 45.7 Å². The van der Waals surface area contributed by atoms with Crippen LogP contribution in [0.1, 0.15) is 50.8 Å². The lowest BCUT2D eigenvalue weighted by molar-refractivity contribution is 0.253. The summed E-state index contributed by atoms with van der Waals surface area (Å²) in [6.45, 7) is 11.1. The first-order valence-electron chi connectivity index (χ1n) is 7.08. The van der Waals surface area contributed by atoms with E-state index in [0.29, 0.717) is 23.9 Å². The Hall–Kier alpha value is -0.860. The van der Waals surface area contributed by atoms with Crippen LogP contribution < -0.4 is 5.73 Å². The van der Waals surface area contributed by atoms with Crippen molar-refractivity contribution in [1.29, 1.82) is 0 Å². The van der Waals surface area contributed by atoms with Crippen molar-refractivity contribution in [2.24, 2.45) is 11.7 Å². The Morgan fingerprint density at radius 3 is 2.06 bits per heavy atom. The predicted octanol–water partition coefficient (Wildman–Crippen LogP) is 3.15. The third-order valence-electron chi connectivity index (χ3n) is 4.33. The Morgan fingerprint density at radius 2 is 1.61 bits per heavy atom. The fraction of sp³-hybridized carbons (Fsp3) is 0.625. The molecule has 1 fully saturated rings. The molecule has 18 heavy (non-hydrogen) atoms. The fourth-order valence-corrected chi connectivity index (χ4v) is 2.72. The van der Waals surface area contributed by atoms with Crippen molar-refractivity contribution < 1.29 is 0 Å². The molecule has 0 amide bonds. The maximum Gasteiger partial charge on any atom is 0.0320 e. The second-order valence-electron chi connectivity index (χ2n) is 6.09. The standard InChI is InChI=1S/C16H26N2/c1-11(2)14-5-7-15(8-6-14)13(4)18-9-12(3)16(17)10-18/h5-8,11-13,16H,9-10,17H2,1-4H3. The van der Waals surface area contributed by atoms with Crippen LogP contribution >= 0.6 is 0 Å². The van der Waals surface area contributed by atoms with Crippen LogP contribution in [0, 0.1) is 5.92 Å². The molecule has 1 aromatic carbocycles. The Morgan fingerprint density at radius 1 is 1.06 bits per heavy atom. The summed E-state index contributed by atoms with van der Waals surface area (Å²) in [5.41, 5.74) is 8.92. The highest BCUT2D eigenvalue weighted by Gasteiger charge is 2.29. The molecule has 2 nitrogen and oxygen atoms in total. The summed E-state index contributed by atoms with van der Waals surface area (Å²) in [6.07, 6.45) is 0. The van der Waals surface area contributed by atoms with E-state index in [1.807, 2.05) is 0 Å². The molecule has 1 aliphatic heterocycles. The molecule has 0 aromatic heterocycles. The van der Waals surface area contributed by atoms with E-state index in [4.69, 9.17) is 5.73 Å². The van der Waals surface area contributed by atoms with E-state index in [1.165, 1.54) is 11.1 Å². The highest BCUT2D eigenvalue weighted by molar-refractivity contribution is 5.26. The van der Waals surface area contributed by atoms with Gasteiger partial charge in [-0.1, -0.05) is 45.0 Å². The molecular formula is C16H26N2. The van der Waals surface area contributed by atoms with Gasteiger partial charge in [-0.05, 0) is 29.9 Å². The minimum Gasteiger partial charge on any atom is -0.326 e. The summed E-state index contributed by atoms with van der Waals surface area (Å²) < 4.78 is 0. The highest BCUT2D eigenvalue weighted by atomic mass is 15.2. The van der Waals surface area contributed by atoms with Crippen molar-refractivity contribution in [3.8, 4) is 0 Å². The first-order chi connectivity index (χ1) is 8.49. The van der Waals surface area contributed by atoms with E-state index in [-0.39, 0.29) is 0 Å². The Balaban J connectivity index is 2.07. The molecular weight excluding hydrogens is 220 g/mol. The molecule has 0 radical (unpaired) electrons. The fourth-order valence-electron chi connectivity index (χ4n) is 2.72. The van der Waals surface area contributed by atoms with Gasteiger partial charge in [0.15, 0.2) is 0 Å². The molecule has 1 aromatic rings. The van der Waals surface area contributed by atoms with Crippen LogP contribution in [0.3, 0.4) is 0 Å². The molecule has 0 aliphatic carbocycles. The first-order valence-corrected chi connectivity index (χ1v) is 7.08. The molecule has 1 heterocycles. The van der Waals surface area contributed by atoms with Gasteiger partial charge in [0.1, 0.15) is 0 Å². The van der Waals surface area contributed by atoms with E-state index in [0.717, 1.165) is 13.1 Å². The quantitative estimate of drug-likeness (QED) is 0.887. The second-order valence-corrected chi connectivity index (χ2v) is 6.09. The van der Waals surface area contributed by atoms with E-state index >= 15 is 0 Å². The van der Waals surface area contributed by atoms with Crippen molar-refractivity contribution in [3.63, 3.8) is 0 Å². The summed E-state index contributed by atoms with van der Waals surface area (Å²) in [7, 11) is 0. The molecule has 2 rings (SSSR count). The maximum absolute atomic E-state index is 6.11. The number of benzene rings is 1. The first kappa shape index (κ1) is 13.6. The largest absolute Gasteiger partial charge is 0.326 e. The Bertz CT molecular complexity index is 373. The van der Waals surface area contributed by atoms with Crippen molar-refractivity contribution >= 4 is 0 Å². The van der Waals surface area contributed by atoms with Gasteiger partial charge in [0.05, 0.1) is 0 Å². The molecule has 2 heteroatoms. The normalized spacial score (nSPS) is 26.8. The third kappa shape index (κ3) is 2.76. The van der Waals surface area contributed by atoms with Crippen LogP contribution in [0.25, 0.3) is 0 Å². The molecule has 100 valence electrons. The van der Waals surface area contributed by atoms with Crippen LogP contribution in [0.15, 0.2) is 24.3 Å². The SMILES string of the molecule is CC(C)c1ccc(C(C)N2CC(C)C(N)C2)cc1. The third-order valence-corrected chi connectivity index (χ3v) is 4.33. The van der Waals surface area contributed by atoms with Crippen molar-refractivity contribution in [2.75, 3.05) is 13.1 Å². The number of hydrogen-bond donors (Lipinski definition) is 1. The zero-order valence-corrected chi connectivity index (χ0v) is 12.1. The average Bonchev–Trinajstić information content (AvgIpc) is 2.69. The lowest BCUT2D eigenvalue weighted by Gasteiger charge is -2.25. The zero-order valence-electron chi connectivity index (χ0n) is 12.1. The van der Waals surface area contributed by atoms with Crippen LogP contribution in [-0.4, -0.2) is 24.0 Å². The number of nitrogens with zero attached hydrogens (tertiary/aromatic N) is 1. The molecule has 2 N–H and O–H groups in total. The molecule has 1 aliphatic rings. The van der Waals surface area contributed by atoms with Gasteiger partial charge >= 0.3 is 0 Å². The second kappa shape index (κ2) is 5.41. The topological polar surface area (TPSA) is 29.3 Å². The van der Waals surface area contributed by atoms with Crippen LogP contribution in [-0.2, 0) is 0 Å². The van der Waals surface area contributed by atoms with Gasteiger partial charge in [0.2, 0.25) is 0 Å². The van der Waals surface area contributed by atoms with Gasteiger partial charge in [-0.2, -0.15) is 0 Å². The van der Waals surface area contributed by atoms with E-state index < -0.39 is 0 Å². The van der Waals surface area contributed by atoms with Gasteiger partial charge in [0.25, 0.3) is 0 Å². The maximum atomic E-state index is 6.11. The molecule has 3 atom stereocenters. The number of likely N-dealkylation sites (tertiary alicyclic amines) is 1. The van der Waals surface area contributed by atoms with Crippen LogP contribution in [0.2, 0.25) is 0 Å². The van der Waals surface area contributed by atoms with Crippen LogP contribution in [0.4, 0.5) is 0 Å². The van der Waals surface area contributed by atoms with Gasteiger partial charge in [-0.25, -0.2) is 0 Å². The number of rotatable bonds is 3. The monoisotopic (exact) mass is 246 g/mol. The Kier molecular flexibility index (Phi) is 4.08. The summed E-state index contributed by atoms with van der Waals surface area (Å²) in [6, 6.07) is 9.87. The van der Waals surface area contributed by atoms with Gasteiger partial charge in [-0.15, -0.1) is 0 Å². The van der Waals surface area contributed by atoms with Gasteiger partial charge in [-0.3, -0.25) is 4.90 Å². The van der Waals surface area contributed by atoms with Crippen LogP contribution in [0.5, 0.6) is 0 Å². The molecule has 0 spiro atoms. The Labute approximate surface area is 111 Å². The molecule has 3 unspecified atom stereocenters.